The number of fused-ring (bicyclic) bond motifs is 1. The van der Waals surface area contributed by atoms with Gasteiger partial charge in [-0.25, -0.2) is 0 Å². The number of Topliss-reactive ketones (excluding diaryl/α,β-unsaturated/α-hetero) is 1. The minimum Gasteiger partial charge on any atom is -0.461 e. The fraction of sp³-hybridized carbons (Fsp3) is 0.800. The molecule has 3 fully saturated rings. The lowest BCUT2D eigenvalue weighted by Gasteiger charge is -2.30. The zero-order valence-electron chi connectivity index (χ0n) is 24.9. The van der Waals surface area contributed by atoms with E-state index in [9.17, 15) is 19.2 Å². The fourth-order valence-corrected chi connectivity index (χ4v) is 7.56. The van der Waals surface area contributed by atoms with Gasteiger partial charge in [0.05, 0.1) is 11.8 Å². The first-order valence-electron chi connectivity index (χ1n) is 14.1. The van der Waals surface area contributed by atoms with E-state index >= 15 is 0 Å². The van der Waals surface area contributed by atoms with Gasteiger partial charge in [0.25, 0.3) is 0 Å². The predicted molar refractivity (Wildman–Crippen MR) is 140 cm³/mol. The average Bonchev–Trinajstić information content (AvgIpc) is 3.64. The second-order valence-electron chi connectivity index (χ2n) is 12.8. The Balaban J connectivity index is 1.89. The first-order chi connectivity index (χ1) is 18.1. The third-order valence-corrected chi connectivity index (χ3v) is 9.80. The number of carbonyl (C=O) groups excluding carboxylic acids is 4. The maximum Gasteiger partial charge on any atom is 0.308 e. The van der Waals surface area contributed by atoms with Crippen LogP contribution in [0.4, 0.5) is 0 Å². The second-order valence-corrected chi connectivity index (χ2v) is 12.8. The van der Waals surface area contributed by atoms with Crippen molar-refractivity contribution in [2.24, 2.45) is 35.0 Å². The molecule has 0 bridgehead atoms. The molecule has 11 atom stereocenters. The molecule has 1 saturated heterocycles. The zero-order chi connectivity index (χ0) is 29.2. The largest absolute Gasteiger partial charge is 0.461 e. The normalized spacial score (nSPS) is 44.3. The maximum absolute atomic E-state index is 14.4. The van der Waals surface area contributed by atoms with Gasteiger partial charge in [0.2, 0.25) is 0 Å². The highest BCUT2D eigenvalue weighted by molar-refractivity contribution is 5.96. The Morgan fingerprint density at radius 2 is 1.64 bits per heavy atom. The van der Waals surface area contributed by atoms with Crippen LogP contribution in [0.1, 0.15) is 75.2 Å². The van der Waals surface area contributed by atoms with Crippen LogP contribution in [-0.4, -0.2) is 66.4 Å². The van der Waals surface area contributed by atoms with E-state index in [2.05, 4.69) is 13.8 Å². The van der Waals surface area contributed by atoms with Crippen LogP contribution in [0.15, 0.2) is 11.6 Å². The number of ether oxygens (including phenoxy) is 5. The minimum atomic E-state index is -1.24. The summed E-state index contributed by atoms with van der Waals surface area (Å²) >= 11 is 0. The quantitative estimate of drug-likeness (QED) is 0.211. The molecule has 9 nitrogen and oxygen atoms in total. The highest BCUT2D eigenvalue weighted by Gasteiger charge is 2.84. The number of hydrogen-bond acceptors (Lipinski definition) is 9. The first-order valence-corrected chi connectivity index (χ1v) is 14.1. The predicted octanol–water partition coefficient (Wildman–Crippen LogP) is 3.81. The smallest absolute Gasteiger partial charge is 0.308 e. The van der Waals surface area contributed by atoms with Gasteiger partial charge in [0.1, 0.15) is 24.4 Å². The Morgan fingerprint density at radius 1 is 1.05 bits per heavy atom. The van der Waals surface area contributed by atoms with Crippen molar-refractivity contribution in [1.82, 2.24) is 0 Å². The Labute approximate surface area is 231 Å². The Hall–Kier alpha value is -2.26. The summed E-state index contributed by atoms with van der Waals surface area (Å²) < 4.78 is 30.2. The summed E-state index contributed by atoms with van der Waals surface area (Å²) in [5.74, 6) is -3.01. The maximum atomic E-state index is 14.4. The molecule has 0 unspecified atom stereocenters. The number of methoxy groups -OCH3 is 1. The molecular formula is C30H44O9. The molecule has 39 heavy (non-hydrogen) atoms. The molecule has 9 heteroatoms. The molecule has 3 aliphatic carbocycles. The molecule has 2 saturated carbocycles. The van der Waals surface area contributed by atoms with E-state index in [1.165, 1.54) is 13.8 Å². The molecule has 1 aliphatic heterocycles. The third kappa shape index (κ3) is 4.53. The number of rotatable bonds is 6. The van der Waals surface area contributed by atoms with Gasteiger partial charge >= 0.3 is 17.9 Å². The van der Waals surface area contributed by atoms with E-state index in [-0.39, 0.29) is 40.8 Å². The zero-order valence-corrected chi connectivity index (χ0v) is 24.9. The molecule has 0 aromatic heterocycles. The molecule has 0 spiro atoms. The lowest BCUT2D eigenvalue weighted by molar-refractivity contribution is -0.161. The van der Waals surface area contributed by atoms with Crippen LogP contribution in [-0.2, 0) is 42.9 Å². The Morgan fingerprint density at radius 3 is 2.18 bits per heavy atom. The third-order valence-electron chi connectivity index (χ3n) is 9.80. The van der Waals surface area contributed by atoms with Crippen LogP contribution < -0.4 is 0 Å². The summed E-state index contributed by atoms with van der Waals surface area (Å²) in [4.78, 5) is 51.9. The number of hydrogen-bond donors (Lipinski definition) is 0. The molecule has 218 valence electrons. The minimum absolute atomic E-state index is 0.159. The number of esters is 3. The van der Waals surface area contributed by atoms with Crippen LogP contribution >= 0.6 is 0 Å². The molecule has 0 aromatic carbocycles. The van der Waals surface area contributed by atoms with Crippen molar-refractivity contribution in [2.75, 3.05) is 7.11 Å². The van der Waals surface area contributed by atoms with E-state index < -0.39 is 53.5 Å². The summed E-state index contributed by atoms with van der Waals surface area (Å²) in [6.07, 6.45) is 0.00605. The summed E-state index contributed by atoms with van der Waals surface area (Å²) in [6, 6.07) is 0. The van der Waals surface area contributed by atoms with E-state index in [4.69, 9.17) is 23.7 Å². The van der Waals surface area contributed by atoms with Gasteiger partial charge in [0, 0.05) is 32.8 Å². The highest BCUT2D eigenvalue weighted by Crippen LogP contribution is 2.68. The number of epoxide rings is 1. The number of carbonyl (C=O) groups is 4. The molecule has 0 N–H and O–H groups in total. The summed E-state index contributed by atoms with van der Waals surface area (Å²) in [5, 5.41) is 0. The van der Waals surface area contributed by atoms with Crippen molar-refractivity contribution in [3.8, 4) is 0 Å². The highest BCUT2D eigenvalue weighted by atomic mass is 16.7. The first kappa shape index (κ1) is 29.7. The molecule has 4 rings (SSSR count). The second kappa shape index (κ2) is 9.98. The average molecular weight is 549 g/mol. The fourth-order valence-electron chi connectivity index (χ4n) is 7.56. The molecular weight excluding hydrogens is 504 g/mol. The molecule has 1 heterocycles. The van der Waals surface area contributed by atoms with Crippen LogP contribution in [0.25, 0.3) is 0 Å². The van der Waals surface area contributed by atoms with E-state index in [1.54, 1.807) is 14.0 Å². The summed E-state index contributed by atoms with van der Waals surface area (Å²) in [5.41, 5.74) is -2.16. The van der Waals surface area contributed by atoms with Crippen LogP contribution in [0.3, 0.4) is 0 Å². The van der Waals surface area contributed by atoms with Crippen LogP contribution in [0, 0.1) is 35.0 Å². The summed E-state index contributed by atoms with van der Waals surface area (Å²) in [6.45, 7) is 16.1. The molecule has 0 aromatic rings. The monoisotopic (exact) mass is 548 g/mol. The van der Waals surface area contributed by atoms with Crippen molar-refractivity contribution in [3.63, 3.8) is 0 Å². The van der Waals surface area contributed by atoms with Gasteiger partial charge in [0.15, 0.2) is 17.0 Å². The molecule has 0 amide bonds. The van der Waals surface area contributed by atoms with Gasteiger partial charge in [-0.05, 0) is 42.7 Å². The van der Waals surface area contributed by atoms with E-state index in [1.807, 2.05) is 33.8 Å². The van der Waals surface area contributed by atoms with Crippen LogP contribution in [0.5, 0.6) is 0 Å². The Kier molecular flexibility index (Phi) is 7.60. The van der Waals surface area contributed by atoms with Crippen molar-refractivity contribution >= 4 is 23.7 Å². The SMILES string of the molecule is CC[C@@H](C)C(=O)O[C@@H]1[C@@H]2[C@H]([C@H](OC)[C@H](OC(C)=O)/C(C)=C/[C@@]34O[C@@]3(C[C@H](C)[C@@H]4OC(C)=O)C(=O)[C@@H]1C)C2(C)C. The summed E-state index contributed by atoms with van der Waals surface area (Å²) in [7, 11) is 1.57. The number of ketones is 1. The van der Waals surface area contributed by atoms with Gasteiger partial charge in [-0.1, -0.05) is 41.5 Å². The van der Waals surface area contributed by atoms with Crippen molar-refractivity contribution in [3.05, 3.63) is 11.6 Å². The topological polar surface area (TPSA) is 118 Å². The molecule has 0 radical (unpaired) electrons. The standard InChI is InChI=1S/C30H44O9/c1-11-14(2)27(34)38-23-17(5)25(33)29-13-16(4)26(37-19(7)32)30(29,39-29)12-15(3)22(36-18(6)31)24(35-10)21-20(23)28(21,8)9/h12,14,16-17,20-24,26H,11,13H2,1-10H3/b15-12+/t14-,16+,17-,20+,21-,22-,23+,24+,26+,29+,30+/m1/s1. The lowest BCUT2D eigenvalue weighted by atomic mass is 9.80. The van der Waals surface area contributed by atoms with Gasteiger partial charge in [-0.3, -0.25) is 19.2 Å². The van der Waals surface area contributed by atoms with E-state index in [0.29, 0.717) is 18.4 Å². The van der Waals surface area contributed by atoms with Gasteiger partial charge in [-0.15, -0.1) is 0 Å². The van der Waals surface area contributed by atoms with Crippen molar-refractivity contribution in [2.45, 2.75) is 111 Å². The molecule has 4 aliphatic rings. The lowest BCUT2D eigenvalue weighted by Crippen LogP contribution is -2.44. The van der Waals surface area contributed by atoms with Gasteiger partial charge < -0.3 is 23.7 Å². The van der Waals surface area contributed by atoms with E-state index in [0.717, 1.165) is 0 Å². The Bertz CT molecular complexity index is 1080. The van der Waals surface area contributed by atoms with Crippen molar-refractivity contribution in [1.29, 1.82) is 0 Å². The van der Waals surface area contributed by atoms with Crippen LogP contribution in [0.2, 0.25) is 0 Å². The van der Waals surface area contributed by atoms with Gasteiger partial charge in [-0.2, -0.15) is 0 Å². The van der Waals surface area contributed by atoms with Crippen molar-refractivity contribution < 1.29 is 42.9 Å².